The molecule has 98 valence electrons. The number of rotatable bonds is 5. The van der Waals surface area contributed by atoms with Crippen LogP contribution in [0, 0.1) is 17.8 Å². The Balaban J connectivity index is 2.73. The van der Waals surface area contributed by atoms with Gasteiger partial charge in [0.25, 0.3) is 0 Å². The van der Waals surface area contributed by atoms with Crippen LogP contribution < -0.4 is 0 Å². The van der Waals surface area contributed by atoms with Crippen molar-refractivity contribution in [3.8, 4) is 0 Å². The van der Waals surface area contributed by atoms with Crippen molar-refractivity contribution in [2.24, 2.45) is 17.8 Å². The highest BCUT2D eigenvalue weighted by Crippen LogP contribution is 2.36. The lowest BCUT2D eigenvalue weighted by Crippen LogP contribution is -2.44. The molecule has 0 aromatic heterocycles. The van der Waals surface area contributed by atoms with Gasteiger partial charge in [-0.15, -0.1) is 0 Å². The van der Waals surface area contributed by atoms with Crippen LogP contribution in [0.15, 0.2) is 12.7 Å². The Morgan fingerprint density at radius 1 is 1.18 bits per heavy atom. The Morgan fingerprint density at radius 2 is 1.82 bits per heavy atom. The Bertz CT molecular complexity index is 266. The number of hydrogen-bond acceptors (Lipinski definition) is 5. The first-order valence-electron chi connectivity index (χ1n) is 5.83. The number of hydrogen-bond donors (Lipinski definition) is 3. The van der Waals surface area contributed by atoms with Crippen LogP contribution in [0.2, 0.25) is 0 Å². The van der Waals surface area contributed by atoms with Crippen molar-refractivity contribution in [3.63, 3.8) is 0 Å². The van der Waals surface area contributed by atoms with Gasteiger partial charge in [-0.2, -0.15) is 0 Å². The first-order chi connectivity index (χ1) is 8.17. The van der Waals surface area contributed by atoms with E-state index in [1.165, 1.54) is 0 Å². The minimum absolute atomic E-state index is 0.0240. The highest BCUT2D eigenvalue weighted by Gasteiger charge is 2.40. The van der Waals surface area contributed by atoms with E-state index >= 15 is 0 Å². The van der Waals surface area contributed by atoms with Crippen LogP contribution in [0.1, 0.15) is 12.8 Å². The molecule has 5 heteroatoms. The predicted octanol–water partition coefficient (Wildman–Crippen LogP) is -0.297. The van der Waals surface area contributed by atoms with E-state index in [1.54, 1.807) is 0 Å². The van der Waals surface area contributed by atoms with E-state index in [9.17, 15) is 20.1 Å². The number of aliphatic hydroxyl groups is 3. The smallest absolute Gasteiger partial charge is 0.330 e. The summed E-state index contributed by atoms with van der Waals surface area (Å²) in [5, 5.41) is 27.9. The van der Waals surface area contributed by atoms with Crippen molar-refractivity contribution in [1.29, 1.82) is 0 Å². The van der Waals surface area contributed by atoms with E-state index in [4.69, 9.17) is 4.74 Å². The van der Waals surface area contributed by atoms with E-state index in [0.29, 0.717) is 12.8 Å². The molecule has 1 aliphatic carbocycles. The summed E-state index contributed by atoms with van der Waals surface area (Å²) in [4.78, 5) is 11.2. The van der Waals surface area contributed by atoms with E-state index in [-0.39, 0.29) is 37.6 Å². The number of carbonyl (C=O) groups is 1. The van der Waals surface area contributed by atoms with Gasteiger partial charge in [0.15, 0.2) is 0 Å². The van der Waals surface area contributed by atoms with Gasteiger partial charge in [0.1, 0.15) is 6.10 Å². The summed E-state index contributed by atoms with van der Waals surface area (Å²) < 4.78 is 5.16. The zero-order valence-corrected chi connectivity index (χ0v) is 9.79. The Hall–Kier alpha value is -0.910. The van der Waals surface area contributed by atoms with Crippen molar-refractivity contribution in [2.75, 3.05) is 19.8 Å². The van der Waals surface area contributed by atoms with Gasteiger partial charge in [-0.1, -0.05) is 6.58 Å². The standard InChI is InChI=1S/C12H20O5/c1-2-12(16)17-11-4-3-8(5-13)9(6-14)10(11)7-15/h2,8-11,13-15H,1,3-7H2. The Labute approximate surface area is 101 Å². The highest BCUT2D eigenvalue weighted by atomic mass is 16.5. The van der Waals surface area contributed by atoms with Gasteiger partial charge in [0.05, 0.1) is 0 Å². The maximum absolute atomic E-state index is 11.2. The quantitative estimate of drug-likeness (QED) is 0.457. The normalized spacial score (nSPS) is 33.1. The van der Waals surface area contributed by atoms with Crippen molar-refractivity contribution < 1.29 is 24.9 Å². The first-order valence-corrected chi connectivity index (χ1v) is 5.83. The molecule has 0 amide bonds. The van der Waals surface area contributed by atoms with Crippen LogP contribution in [-0.4, -0.2) is 47.2 Å². The van der Waals surface area contributed by atoms with Gasteiger partial charge >= 0.3 is 5.97 Å². The van der Waals surface area contributed by atoms with Gasteiger partial charge in [-0.05, 0) is 24.7 Å². The summed E-state index contributed by atoms with van der Waals surface area (Å²) in [5.74, 6) is -1.13. The minimum Gasteiger partial charge on any atom is -0.459 e. The summed E-state index contributed by atoms with van der Waals surface area (Å²) >= 11 is 0. The average molecular weight is 244 g/mol. The van der Waals surface area contributed by atoms with E-state index in [0.717, 1.165) is 6.08 Å². The molecule has 17 heavy (non-hydrogen) atoms. The molecule has 5 nitrogen and oxygen atoms in total. The monoisotopic (exact) mass is 244 g/mol. The summed E-state index contributed by atoms with van der Waals surface area (Å²) in [5.41, 5.74) is 0. The fourth-order valence-corrected chi connectivity index (χ4v) is 2.54. The van der Waals surface area contributed by atoms with E-state index in [1.807, 2.05) is 0 Å². The second kappa shape index (κ2) is 6.74. The van der Waals surface area contributed by atoms with Gasteiger partial charge in [0.2, 0.25) is 0 Å². The lowest BCUT2D eigenvalue weighted by molar-refractivity contribution is -0.154. The maximum atomic E-state index is 11.2. The summed E-state index contributed by atoms with van der Waals surface area (Å²) in [7, 11) is 0. The lowest BCUT2D eigenvalue weighted by atomic mass is 9.71. The van der Waals surface area contributed by atoms with Gasteiger partial charge < -0.3 is 20.1 Å². The zero-order chi connectivity index (χ0) is 12.8. The highest BCUT2D eigenvalue weighted by molar-refractivity contribution is 5.81. The van der Waals surface area contributed by atoms with Gasteiger partial charge in [0, 0.05) is 31.8 Å². The molecule has 1 aliphatic rings. The van der Waals surface area contributed by atoms with Crippen molar-refractivity contribution in [2.45, 2.75) is 18.9 Å². The molecule has 0 saturated heterocycles. The Morgan fingerprint density at radius 3 is 2.29 bits per heavy atom. The molecule has 1 rings (SSSR count). The first kappa shape index (κ1) is 14.2. The van der Waals surface area contributed by atoms with Gasteiger partial charge in [-0.3, -0.25) is 0 Å². The third-order valence-corrected chi connectivity index (χ3v) is 3.55. The molecule has 1 saturated carbocycles. The summed E-state index contributed by atoms with van der Waals surface area (Å²) in [6.45, 7) is 3.00. The summed E-state index contributed by atoms with van der Waals surface area (Å²) in [6, 6.07) is 0. The van der Waals surface area contributed by atoms with E-state index < -0.39 is 12.1 Å². The maximum Gasteiger partial charge on any atom is 0.330 e. The fourth-order valence-electron chi connectivity index (χ4n) is 2.54. The summed E-state index contributed by atoms with van der Waals surface area (Å²) in [6.07, 6.45) is 1.94. The second-order valence-electron chi connectivity index (χ2n) is 4.39. The van der Waals surface area contributed by atoms with Gasteiger partial charge in [-0.25, -0.2) is 4.79 Å². The predicted molar refractivity (Wildman–Crippen MR) is 61.0 cm³/mol. The molecular weight excluding hydrogens is 224 g/mol. The SMILES string of the molecule is C=CC(=O)OC1CCC(CO)C(CO)C1CO. The molecule has 0 spiro atoms. The van der Waals surface area contributed by atoms with Crippen molar-refractivity contribution >= 4 is 5.97 Å². The lowest BCUT2D eigenvalue weighted by Gasteiger charge is -2.40. The molecule has 4 unspecified atom stereocenters. The van der Waals surface area contributed by atoms with Crippen LogP contribution in [-0.2, 0) is 9.53 Å². The molecule has 0 bridgehead atoms. The molecule has 0 aromatic rings. The molecule has 3 N–H and O–H groups in total. The largest absolute Gasteiger partial charge is 0.459 e. The molecule has 0 aromatic carbocycles. The Kier molecular flexibility index (Phi) is 5.61. The molecule has 0 heterocycles. The molecule has 0 radical (unpaired) electrons. The fraction of sp³-hybridized carbons (Fsp3) is 0.750. The van der Waals surface area contributed by atoms with Crippen molar-refractivity contribution in [1.82, 2.24) is 0 Å². The van der Waals surface area contributed by atoms with Crippen LogP contribution in [0.5, 0.6) is 0 Å². The van der Waals surface area contributed by atoms with Crippen LogP contribution in [0.25, 0.3) is 0 Å². The number of aliphatic hydroxyl groups excluding tert-OH is 3. The van der Waals surface area contributed by atoms with E-state index in [2.05, 4.69) is 6.58 Å². The second-order valence-corrected chi connectivity index (χ2v) is 4.39. The molecule has 0 aliphatic heterocycles. The van der Waals surface area contributed by atoms with Crippen LogP contribution in [0.4, 0.5) is 0 Å². The number of ether oxygens (including phenoxy) is 1. The van der Waals surface area contributed by atoms with Crippen LogP contribution >= 0.6 is 0 Å². The van der Waals surface area contributed by atoms with Crippen molar-refractivity contribution in [3.05, 3.63) is 12.7 Å². The van der Waals surface area contributed by atoms with Crippen LogP contribution in [0.3, 0.4) is 0 Å². The minimum atomic E-state index is -0.521. The molecular formula is C12H20O5. The average Bonchev–Trinajstić information content (AvgIpc) is 2.37. The molecule has 1 fully saturated rings. The topological polar surface area (TPSA) is 87.0 Å². The third-order valence-electron chi connectivity index (χ3n) is 3.55. The number of carbonyl (C=O) groups excluding carboxylic acids is 1. The third kappa shape index (κ3) is 3.28. The molecule has 4 atom stereocenters. The number of esters is 1. The zero-order valence-electron chi connectivity index (χ0n) is 9.79.